The van der Waals surface area contributed by atoms with Crippen molar-refractivity contribution in [1.29, 1.82) is 0 Å². The molecule has 2 nitrogen and oxygen atoms in total. The van der Waals surface area contributed by atoms with Crippen LogP contribution >= 0.6 is 0 Å². The second-order valence-corrected chi connectivity index (χ2v) is 3.48. The third-order valence-corrected chi connectivity index (χ3v) is 1.99. The maximum absolute atomic E-state index is 9.32. The zero-order valence-corrected chi connectivity index (χ0v) is 8.87. The van der Waals surface area contributed by atoms with Crippen LogP contribution in [0.2, 0.25) is 0 Å². The smallest absolute Gasteiger partial charge is 0.122 e. The van der Waals surface area contributed by atoms with Gasteiger partial charge in [-0.15, -0.1) is 0 Å². The minimum Gasteiger partial charge on any atom is -0.508 e. The van der Waals surface area contributed by atoms with Crippen molar-refractivity contribution in [3.63, 3.8) is 0 Å². The lowest BCUT2D eigenvalue weighted by Crippen LogP contribution is -1.90. The van der Waals surface area contributed by atoms with E-state index in [4.69, 9.17) is 4.74 Å². The first-order valence-electron chi connectivity index (χ1n) is 4.62. The number of rotatable bonds is 3. The molecule has 0 unspecified atom stereocenters. The summed E-state index contributed by atoms with van der Waals surface area (Å²) in [4.78, 5) is 0. The molecule has 0 saturated carbocycles. The first kappa shape index (κ1) is 10.6. The molecule has 1 N–H and O–H groups in total. The molecule has 0 aliphatic rings. The Hall–Kier alpha value is -1.44. The number of hydrogen-bond donors (Lipinski definition) is 1. The summed E-state index contributed by atoms with van der Waals surface area (Å²) in [5.74, 6) is 1.10. The van der Waals surface area contributed by atoms with Gasteiger partial charge >= 0.3 is 0 Å². The zero-order valence-electron chi connectivity index (χ0n) is 8.87. The van der Waals surface area contributed by atoms with Crippen molar-refractivity contribution in [1.82, 2.24) is 0 Å². The Balaban J connectivity index is 2.93. The summed E-state index contributed by atoms with van der Waals surface area (Å²) in [6.45, 7) is 4.10. The van der Waals surface area contributed by atoms with Crippen LogP contribution in [0.1, 0.15) is 19.4 Å². The normalized spacial score (nSPS) is 9.64. The van der Waals surface area contributed by atoms with E-state index in [9.17, 15) is 5.11 Å². The highest BCUT2D eigenvalue weighted by atomic mass is 16.5. The van der Waals surface area contributed by atoms with E-state index in [1.165, 1.54) is 5.57 Å². The van der Waals surface area contributed by atoms with Gasteiger partial charge in [0.25, 0.3) is 0 Å². The van der Waals surface area contributed by atoms with E-state index in [-0.39, 0.29) is 5.75 Å². The van der Waals surface area contributed by atoms with Crippen molar-refractivity contribution >= 4 is 0 Å². The molecule has 0 bridgehead atoms. The van der Waals surface area contributed by atoms with Gasteiger partial charge in [0, 0.05) is 5.56 Å². The Labute approximate surface area is 84.8 Å². The van der Waals surface area contributed by atoms with Crippen LogP contribution in [0.4, 0.5) is 0 Å². The number of allylic oxidation sites excluding steroid dienone is 2. The molecule has 1 aromatic rings. The van der Waals surface area contributed by atoms with Gasteiger partial charge in [-0.05, 0) is 38.5 Å². The number of methoxy groups -OCH3 is 1. The third kappa shape index (κ3) is 2.80. The van der Waals surface area contributed by atoms with Gasteiger partial charge in [0.15, 0.2) is 0 Å². The van der Waals surface area contributed by atoms with Crippen molar-refractivity contribution in [3.05, 3.63) is 35.4 Å². The predicted molar refractivity (Wildman–Crippen MR) is 57.8 cm³/mol. The van der Waals surface area contributed by atoms with E-state index < -0.39 is 0 Å². The fourth-order valence-corrected chi connectivity index (χ4v) is 1.24. The maximum Gasteiger partial charge on any atom is 0.122 e. The molecule has 0 aromatic heterocycles. The Kier molecular flexibility index (Phi) is 3.57. The highest BCUT2D eigenvalue weighted by Crippen LogP contribution is 2.24. The summed E-state index contributed by atoms with van der Waals surface area (Å²) in [7, 11) is 1.64. The van der Waals surface area contributed by atoms with E-state index in [0.29, 0.717) is 0 Å². The topological polar surface area (TPSA) is 29.5 Å². The molecule has 2 heteroatoms. The molecule has 0 saturated heterocycles. The largest absolute Gasteiger partial charge is 0.508 e. The molecular formula is C12H16O2. The molecule has 0 heterocycles. The van der Waals surface area contributed by atoms with Gasteiger partial charge in [-0.2, -0.15) is 0 Å². The average molecular weight is 192 g/mol. The van der Waals surface area contributed by atoms with Crippen LogP contribution in [0.3, 0.4) is 0 Å². The summed E-state index contributed by atoms with van der Waals surface area (Å²) in [5.41, 5.74) is 2.27. The number of hydrogen-bond acceptors (Lipinski definition) is 2. The second-order valence-electron chi connectivity index (χ2n) is 3.48. The van der Waals surface area contributed by atoms with Gasteiger partial charge in [0.1, 0.15) is 11.5 Å². The van der Waals surface area contributed by atoms with Gasteiger partial charge in [0.05, 0.1) is 7.11 Å². The second kappa shape index (κ2) is 4.70. The van der Waals surface area contributed by atoms with Crippen LogP contribution in [0, 0.1) is 0 Å². The van der Waals surface area contributed by atoms with Crippen LogP contribution < -0.4 is 4.74 Å². The van der Waals surface area contributed by atoms with Crippen LogP contribution in [-0.4, -0.2) is 12.2 Å². The lowest BCUT2D eigenvalue weighted by Gasteiger charge is -2.06. The summed E-state index contributed by atoms with van der Waals surface area (Å²) in [6, 6.07) is 5.15. The number of benzene rings is 1. The molecule has 0 amide bonds. The number of ether oxygens (including phenoxy) is 1. The average Bonchev–Trinajstić information content (AvgIpc) is 2.15. The summed E-state index contributed by atoms with van der Waals surface area (Å²) < 4.78 is 5.19. The summed E-state index contributed by atoms with van der Waals surface area (Å²) >= 11 is 0. The summed E-state index contributed by atoms with van der Waals surface area (Å²) in [6.07, 6.45) is 2.90. The van der Waals surface area contributed by atoms with Crippen molar-refractivity contribution in [3.8, 4) is 11.5 Å². The molecule has 0 aliphatic carbocycles. The van der Waals surface area contributed by atoms with E-state index in [0.717, 1.165) is 17.7 Å². The minimum absolute atomic E-state index is 0.281. The van der Waals surface area contributed by atoms with Crippen molar-refractivity contribution in [2.24, 2.45) is 0 Å². The predicted octanol–water partition coefficient (Wildman–Crippen LogP) is 2.91. The van der Waals surface area contributed by atoms with Gasteiger partial charge in [0.2, 0.25) is 0 Å². The molecule has 0 spiro atoms. The quantitative estimate of drug-likeness (QED) is 0.746. The Morgan fingerprint density at radius 2 is 2.14 bits per heavy atom. The van der Waals surface area contributed by atoms with E-state index in [2.05, 4.69) is 19.9 Å². The lowest BCUT2D eigenvalue weighted by molar-refractivity contribution is 0.408. The van der Waals surface area contributed by atoms with E-state index >= 15 is 0 Å². The monoisotopic (exact) mass is 192 g/mol. The molecule has 1 aromatic carbocycles. The molecule has 0 aliphatic heterocycles. The van der Waals surface area contributed by atoms with Crippen LogP contribution in [0.5, 0.6) is 11.5 Å². The minimum atomic E-state index is 0.281. The molecular weight excluding hydrogens is 176 g/mol. The van der Waals surface area contributed by atoms with Gasteiger partial charge in [-0.1, -0.05) is 11.6 Å². The Bertz CT molecular complexity index is 336. The van der Waals surface area contributed by atoms with Crippen molar-refractivity contribution in [2.75, 3.05) is 7.11 Å². The van der Waals surface area contributed by atoms with Gasteiger partial charge in [-0.3, -0.25) is 0 Å². The van der Waals surface area contributed by atoms with Crippen LogP contribution in [0.25, 0.3) is 0 Å². The highest BCUT2D eigenvalue weighted by Gasteiger charge is 2.01. The fraction of sp³-hybridized carbons (Fsp3) is 0.333. The molecule has 1 rings (SSSR count). The standard InChI is InChI=1S/C12H16O2/c1-9(2)4-5-10-8-11(13)6-7-12(10)14-3/h4,6-8,13H,5H2,1-3H3. The van der Waals surface area contributed by atoms with Crippen molar-refractivity contribution < 1.29 is 9.84 Å². The molecule has 0 atom stereocenters. The fourth-order valence-electron chi connectivity index (χ4n) is 1.24. The van der Waals surface area contributed by atoms with Gasteiger partial charge < -0.3 is 9.84 Å². The number of aromatic hydroxyl groups is 1. The summed E-state index contributed by atoms with van der Waals surface area (Å²) in [5, 5.41) is 9.32. The molecule has 14 heavy (non-hydrogen) atoms. The first-order valence-corrected chi connectivity index (χ1v) is 4.62. The van der Waals surface area contributed by atoms with E-state index in [1.54, 1.807) is 25.3 Å². The van der Waals surface area contributed by atoms with Crippen molar-refractivity contribution in [2.45, 2.75) is 20.3 Å². The number of phenols is 1. The lowest BCUT2D eigenvalue weighted by atomic mass is 10.1. The highest BCUT2D eigenvalue weighted by molar-refractivity contribution is 5.40. The first-order chi connectivity index (χ1) is 6.63. The molecule has 76 valence electrons. The maximum atomic E-state index is 9.32. The SMILES string of the molecule is COc1ccc(O)cc1CC=C(C)C. The molecule has 0 fully saturated rings. The molecule has 0 radical (unpaired) electrons. The van der Waals surface area contributed by atoms with E-state index in [1.807, 2.05) is 0 Å². The third-order valence-electron chi connectivity index (χ3n) is 1.99. The zero-order chi connectivity index (χ0) is 10.6. The number of phenolic OH excluding ortho intramolecular Hbond substituents is 1. The Morgan fingerprint density at radius 3 is 2.71 bits per heavy atom. The van der Waals surface area contributed by atoms with Crippen LogP contribution in [-0.2, 0) is 6.42 Å². The van der Waals surface area contributed by atoms with Gasteiger partial charge in [-0.25, -0.2) is 0 Å². The van der Waals surface area contributed by atoms with Crippen LogP contribution in [0.15, 0.2) is 29.8 Å². The Morgan fingerprint density at radius 1 is 1.43 bits per heavy atom.